The van der Waals surface area contributed by atoms with Gasteiger partial charge in [-0.2, -0.15) is 4.39 Å². The fourth-order valence-electron chi connectivity index (χ4n) is 2.29. The van der Waals surface area contributed by atoms with Crippen LogP contribution in [-0.2, 0) is 11.3 Å². The summed E-state index contributed by atoms with van der Waals surface area (Å²) in [7, 11) is 0. The van der Waals surface area contributed by atoms with Crippen molar-refractivity contribution in [1.82, 2.24) is 4.90 Å². The van der Waals surface area contributed by atoms with Crippen molar-refractivity contribution in [2.24, 2.45) is 5.92 Å². The normalized spacial score (nSPS) is 20.5. The Morgan fingerprint density at radius 2 is 2.26 bits per heavy atom. The standard InChI is InChI=1S/C13H15FN2O3/c1-9-7-15(5-4-13(9)17)8-10-2-3-12(16(18)19)11(14)6-10/h2-3,6,9H,4-5,7-8H2,1H3. The number of benzene rings is 1. The average Bonchev–Trinajstić information content (AvgIpc) is 2.33. The van der Waals surface area contributed by atoms with Gasteiger partial charge in [-0.1, -0.05) is 13.0 Å². The minimum atomic E-state index is -0.816. The zero-order valence-electron chi connectivity index (χ0n) is 10.6. The lowest BCUT2D eigenvalue weighted by Gasteiger charge is -2.29. The van der Waals surface area contributed by atoms with E-state index in [1.807, 2.05) is 6.92 Å². The maximum atomic E-state index is 13.5. The van der Waals surface area contributed by atoms with Gasteiger partial charge in [-0.25, -0.2) is 0 Å². The van der Waals surface area contributed by atoms with Gasteiger partial charge in [0.2, 0.25) is 5.82 Å². The summed E-state index contributed by atoms with van der Waals surface area (Å²) in [6, 6.07) is 3.94. The molecule has 0 spiro atoms. The molecule has 102 valence electrons. The summed E-state index contributed by atoms with van der Waals surface area (Å²) in [5.74, 6) is -0.564. The molecule has 1 atom stereocenters. The number of ketones is 1. The fraction of sp³-hybridized carbons (Fsp3) is 0.462. The Morgan fingerprint density at radius 3 is 2.84 bits per heavy atom. The van der Waals surface area contributed by atoms with E-state index in [1.165, 1.54) is 12.1 Å². The largest absolute Gasteiger partial charge is 0.304 e. The number of nitro benzene ring substituents is 1. The minimum Gasteiger partial charge on any atom is -0.299 e. The highest BCUT2D eigenvalue weighted by Gasteiger charge is 2.23. The molecule has 0 radical (unpaired) electrons. The van der Waals surface area contributed by atoms with Gasteiger partial charge in [0, 0.05) is 38.0 Å². The molecular formula is C13H15FN2O3. The van der Waals surface area contributed by atoms with Crippen LogP contribution in [0.4, 0.5) is 10.1 Å². The highest BCUT2D eigenvalue weighted by atomic mass is 19.1. The lowest BCUT2D eigenvalue weighted by Crippen LogP contribution is -2.39. The summed E-state index contributed by atoms with van der Waals surface area (Å²) in [5, 5.41) is 10.5. The molecule has 0 saturated carbocycles. The van der Waals surface area contributed by atoms with Gasteiger partial charge in [0.15, 0.2) is 0 Å². The third-order valence-corrected chi connectivity index (χ3v) is 3.37. The maximum Gasteiger partial charge on any atom is 0.304 e. The predicted octanol–water partition coefficient (Wildman–Crippen LogP) is 2.14. The number of nitro groups is 1. The van der Waals surface area contributed by atoms with E-state index in [0.29, 0.717) is 31.6 Å². The number of rotatable bonds is 3. The number of likely N-dealkylation sites (tertiary alicyclic amines) is 1. The van der Waals surface area contributed by atoms with Crippen LogP contribution in [0.25, 0.3) is 0 Å². The van der Waals surface area contributed by atoms with Crippen LogP contribution in [0.1, 0.15) is 18.9 Å². The third kappa shape index (κ3) is 3.14. The maximum absolute atomic E-state index is 13.5. The molecule has 1 aliphatic rings. The van der Waals surface area contributed by atoms with Gasteiger partial charge < -0.3 is 0 Å². The van der Waals surface area contributed by atoms with Crippen LogP contribution >= 0.6 is 0 Å². The van der Waals surface area contributed by atoms with Crippen molar-refractivity contribution in [3.63, 3.8) is 0 Å². The zero-order valence-corrected chi connectivity index (χ0v) is 10.6. The molecule has 1 aromatic carbocycles. The summed E-state index contributed by atoms with van der Waals surface area (Å²) < 4.78 is 13.5. The lowest BCUT2D eigenvalue weighted by atomic mass is 9.98. The minimum absolute atomic E-state index is 0.00311. The first kappa shape index (κ1) is 13.6. The molecule has 6 heteroatoms. The smallest absolute Gasteiger partial charge is 0.299 e. The molecule has 0 aliphatic carbocycles. The summed E-state index contributed by atoms with van der Waals surface area (Å²) in [6.07, 6.45) is 0.511. The van der Waals surface area contributed by atoms with Gasteiger partial charge in [-0.05, 0) is 11.6 Å². The van der Waals surface area contributed by atoms with Crippen LogP contribution < -0.4 is 0 Å². The van der Waals surface area contributed by atoms with E-state index >= 15 is 0 Å². The lowest BCUT2D eigenvalue weighted by molar-refractivity contribution is -0.387. The number of Topliss-reactive ketones (excluding diaryl/α,β-unsaturated/α-hetero) is 1. The van der Waals surface area contributed by atoms with E-state index in [-0.39, 0.29) is 11.7 Å². The first-order chi connectivity index (χ1) is 8.97. The second kappa shape index (κ2) is 5.44. The number of halogens is 1. The molecule has 0 bridgehead atoms. The molecule has 1 aromatic rings. The molecule has 1 fully saturated rings. The van der Waals surface area contributed by atoms with E-state index in [2.05, 4.69) is 4.90 Å². The Labute approximate surface area is 110 Å². The Balaban J connectivity index is 2.06. The van der Waals surface area contributed by atoms with Gasteiger partial charge in [0.25, 0.3) is 0 Å². The number of hydrogen-bond donors (Lipinski definition) is 0. The average molecular weight is 266 g/mol. The summed E-state index contributed by atoms with van der Waals surface area (Å²) >= 11 is 0. The summed E-state index contributed by atoms with van der Waals surface area (Å²) in [4.78, 5) is 23.3. The highest BCUT2D eigenvalue weighted by molar-refractivity contribution is 5.81. The number of carbonyl (C=O) groups excluding carboxylic acids is 1. The first-order valence-electron chi connectivity index (χ1n) is 6.15. The Bertz CT molecular complexity index is 519. The highest BCUT2D eigenvalue weighted by Crippen LogP contribution is 2.20. The van der Waals surface area contributed by atoms with Crippen molar-refractivity contribution in [3.8, 4) is 0 Å². The van der Waals surface area contributed by atoms with Crippen LogP contribution in [-0.4, -0.2) is 28.7 Å². The summed E-state index contributed by atoms with van der Waals surface area (Å²) in [5.41, 5.74) is 0.176. The second-order valence-electron chi connectivity index (χ2n) is 4.90. The van der Waals surface area contributed by atoms with Crippen molar-refractivity contribution in [2.45, 2.75) is 19.9 Å². The quantitative estimate of drug-likeness (QED) is 0.621. The van der Waals surface area contributed by atoms with Crippen molar-refractivity contribution >= 4 is 11.5 Å². The molecule has 1 aliphatic heterocycles. The van der Waals surface area contributed by atoms with E-state index in [1.54, 1.807) is 6.07 Å². The molecule has 19 heavy (non-hydrogen) atoms. The molecule has 1 heterocycles. The Morgan fingerprint density at radius 1 is 1.53 bits per heavy atom. The molecule has 1 unspecified atom stereocenters. The first-order valence-corrected chi connectivity index (χ1v) is 6.15. The Kier molecular flexibility index (Phi) is 3.90. The Hall–Kier alpha value is -1.82. The number of nitrogens with zero attached hydrogens (tertiary/aromatic N) is 2. The SMILES string of the molecule is CC1CN(Cc2ccc([N+](=O)[O-])c(F)c2)CCC1=O. The van der Waals surface area contributed by atoms with Crippen LogP contribution in [0, 0.1) is 21.8 Å². The van der Waals surface area contributed by atoms with Gasteiger partial charge in [0.1, 0.15) is 5.78 Å². The zero-order chi connectivity index (χ0) is 14.0. The van der Waals surface area contributed by atoms with Gasteiger partial charge in [-0.15, -0.1) is 0 Å². The summed E-state index contributed by atoms with van der Waals surface area (Å²) in [6.45, 7) is 3.69. The third-order valence-electron chi connectivity index (χ3n) is 3.37. The molecular weight excluding hydrogens is 251 g/mol. The molecule has 2 rings (SSSR count). The van der Waals surface area contributed by atoms with Crippen molar-refractivity contribution in [3.05, 3.63) is 39.7 Å². The van der Waals surface area contributed by atoms with E-state index in [4.69, 9.17) is 0 Å². The number of carbonyl (C=O) groups is 1. The molecule has 0 N–H and O–H groups in total. The van der Waals surface area contributed by atoms with E-state index < -0.39 is 16.4 Å². The topological polar surface area (TPSA) is 63.4 Å². The van der Waals surface area contributed by atoms with Crippen molar-refractivity contribution in [2.75, 3.05) is 13.1 Å². The van der Waals surface area contributed by atoms with Crippen LogP contribution in [0.3, 0.4) is 0 Å². The van der Waals surface area contributed by atoms with Crippen molar-refractivity contribution < 1.29 is 14.1 Å². The molecule has 0 aromatic heterocycles. The number of hydrogen-bond acceptors (Lipinski definition) is 4. The monoisotopic (exact) mass is 266 g/mol. The molecule has 5 nitrogen and oxygen atoms in total. The predicted molar refractivity (Wildman–Crippen MR) is 67.1 cm³/mol. The fourth-order valence-corrected chi connectivity index (χ4v) is 2.29. The van der Waals surface area contributed by atoms with E-state index in [9.17, 15) is 19.3 Å². The van der Waals surface area contributed by atoms with Crippen LogP contribution in [0.2, 0.25) is 0 Å². The molecule has 0 amide bonds. The van der Waals surface area contributed by atoms with Crippen molar-refractivity contribution in [1.29, 1.82) is 0 Å². The number of piperidine rings is 1. The van der Waals surface area contributed by atoms with E-state index in [0.717, 1.165) is 0 Å². The second-order valence-corrected chi connectivity index (χ2v) is 4.90. The van der Waals surface area contributed by atoms with Crippen LogP contribution in [0.5, 0.6) is 0 Å². The van der Waals surface area contributed by atoms with Gasteiger partial charge >= 0.3 is 5.69 Å². The molecule has 1 saturated heterocycles. The van der Waals surface area contributed by atoms with Gasteiger partial charge in [0.05, 0.1) is 4.92 Å². The van der Waals surface area contributed by atoms with Gasteiger partial charge in [-0.3, -0.25) is 19.8 Å². The van der Waals surface area contributed by atoms with Crippen LogP contribution in [0.15, 0.2) is 18.2 Å².